The van der Waals surface area contributed by atoms with Crippen LogP contribution in [0.2, 0.25) is 72.0 Å². The normalized spacial score (nSPS) is 30.4. The van der Waals surface area contributed by atoms with E-state index in [1.54, 1.807) is 20.5 Å². The van der Waals surface area contributed by atoms with E-state index in [1.807, 2.05) is 13.6 Å². The molecule has 9 heterocycles. The molecule has 0 aromatic heterocycles. The lowest BCUT2D eigenvalue weighted by molar-refractivity contribution is -0.199. The Balaban J connectivity index is 0.000000278. The van der Waals surface area contributed by atoms with E-state index < -0.39 is 23.4 Å². The van der Waals surface area contributed by atoms with E-state index in [9.17, 15) is 34.6 Å². The third-order valence-electron chi connectivity index (χ3n) is 26.5. The summed E-state index contributed by atoms with van der Waals surface area (Å²) in [7, 11) is 0.0597. The van der Waals surface area contributed by atoms with Crippen molar-refractivity contribution in [2.45, 2.75) is 308 Å². The molecule has 9 saturated heterocycles. The topological polar surface area (TPSA) is 390 Å². The van der Waals surface area contributed by atoms with Crippen LogP contribution in [0.25, 0.3) is 0 Å². The second-order valence-corrected chi connectivity index (χ2v) is 35.7. The second-order valence-electron chi connectivity index (χ2n) is 35.7. The molecule has 9 aliphatic heterocycles. The molecule has 14 N–H and O–H groups in total. The number of aliphatic hydroxyl groups is 1. The number of rotatable bonds is 34. The fourth-order valence-electron chi connectivity index (χ4n) is 19.6. The molecule has 0 radical (unpaired) electrons. The number of hydrogen-bond acceptors (Lipinski definition) is 23. The predicted octanol–water partition coefficient (Wildman–Crippen LogP) is 7.44. The molecule has 0 aromatic carbocycles. The maximum atomic E-state index is 12.0. The molecule has 12 aliphatic rings. The van der Waals surface area contributed by atoms with Gasteiger partial charge in [0.05, 0.1) is 18.3 Å². The summed E-state index contributed by atoms with van der Waals surface area (Å²) >= 11 is 0. The van der Waals surface area contributed by atoms with Crippen LogP contribution < -0.4 is 26.6 Å². The number of likely N-dealkylation sites (tertiary alicyclic amines) is 3. The van der Waals surface area contributed by atoms with Crippen molar-refractivity contribution in [1.82, 2.24) is 41.3 Å². The molecule has 0 spiro atoms. The van der Waals surface area contributed by atoms with Gasteiger partial charge in [-0.3, -0.25) is 19.3 Å². The quantitative estimate of drug-likeness (QED) is 0.0278. The minimum absolute atomic E-state index is 0.0160. The van der Waals surface area contributed by atoms with E-state index in [-0.39, 0.29) is 96.0 Å². The summed E-state index contributed by atoms with van der Waals surface area (Å²) in [4.78, 5) is 74.0. The van der Waals surface area contributed by atoms with Crippen LogP contribution in [0.5, 0.6) is 0 Å². The molecule has 110 heavy (non-hydrogen) atoms. The number of carbonyl (C=O) groups is 3. The highest BCUT2D eigenvalue weighted by Gasteiger charge is 2.67. The number of piperidine rings is 2. The van der Waals surface area contributed by atoms with Gasteiger partial charge >= 0.3 is 37.3 Å². The van der Waals surface area contributed by atoms with Crippen molar-refractivity contribution in [3.05, 3.63) is 0 Å². The summed E-state index contributed by atoms with van der Waals surface area (Å²) in [5.41, 5.74) is 0.196. The first-order valence-corrected chi connectivity index (χ1v) is 43.3. The fraction of sp³-hybridized carbons (Fsp3) is 0.936. The summed E-state index contributed by atoms with van der Waals surface area (Å²) in [6, 6.07) is -0.392. The highest BCUT2D eigenvalue weighted by atomic mass is 16.7. The highest BCUT2D eigenvalue weighted by Crippen LogP contribution is 2.66. The number of nitrogens with zero attached hydrogens (tertiary/aromatic N) is 3. The van der Waals surface area contributed by atoms with Crippen LogP contribution in [-0.4, -0.2) is 272 Å². The number of carboxylic acids is 3. The van der Waals surface area contributed by atoms with Crippen molar-refractivity contribution in [3.8, 4) is 0 Å². The van der Waals surface area contributed by atoms with Crippen molar-refractivity contribution in [3.63, 3.8) is 0 Å². The first-order chi connectivity index (χ1) is 52.4. The summed E-state index contributed by atoms with van der Waals surface area (Å²) in [5.74, 6) is 1.62. The molecule has 3 saturated carbocycles. The van der Waals surface area contributed by atoms with Crippen LogP contribution in [0.3, 0.4) is 0 Å². The lowest BCUT2D eigenvalue weighted by Gasteiger charge is -2.64. The van der Waals surface area contributed by atoms with E-state index in [0.717, 1.165) is 192 Å². The third kappa shape index (κ3) is 35.0. The number of carboxylic acid groups (broad SMARTS) is 3. The molecule has 12 rings (SSSR count). The van der Waals surface area contributed by atoms with E-state index in [0.29, 0.717) is 41.2 Å². The number of nitrogens with one attached hydrogen (secondary N) is 5. The van der Waals surface area contributed by atoms with Gasteiger partial charge in [-0.15, -0.1) is 0 Å². The van der Waals surface area contributed by atoms with Gasteiger partial charge in [0, 0.05) is 32.2 Å². The highest BCUT2D eigenvalue weighted by molar-refractivity contribution is 6.49. The van der Waals surface area contributed by atoms with Crippen molar-refractivity contribution in [2.75, 3.05) is 105 Å². The van der Waals surface area contributed by atoms with Gasteiger partial charge in [-0.25, -0.2) is 0 Å². The summed E-state index contributed by atoms with van der Waals surface area (Å²) in [6.45, 7) is 33.3. The smallest absolute Gasteiger partial charge is 0.457 e. The lowest BCUT2D eigenvalue weighted by Crippen LogP contribution is -2.65. The Kier molecular flexibility index (Phi) is 48.1. The van der Waals surface area contributed by atoms with Crippen LogP contribution in [0, 0.1) is 52.3 Å². The average molecular weight is 1550 g/mol. The Morgan fingerprint density at radius 2 is 1.10 bits per heavy atom. The van der Waals surface area contributed by atoms with Crippen LogP contribution in [-0.2, 0) is 42.9 Å². The van der Waals surface area contributed by atoms with Crippen molar-refractivity contribution >= 4 is 71.9 Å². The molecule has 26 nitrogen and oxygen atoms in total. The molecule has 32 heteroatoms. The first kappa shape index (κ1) is 99.3. The summed E-state index contributed by atoms with van der Waals surface area (Å²) < 4.78 is 12.8. The minimum atomic E-state index is -0.754. The van der Waals surface area contributed by atoms with Gasteiger partial charge in [-0.2, -0.15) is 19.2 Å². The van der Waals surface area contributed by atoms with Crippen LogP contribution in [0.4, 0.5) is 0 Å². The Labute approximate surface area is 664 Å². The average Bonchev–Trinajstić information content (AvgIpc) is 1.37. The number of aliphatic hydroxyl groups excluding tert-OH is 1. The van der Waals surface area contributed by atoms with E-state index in [2.05, 4.69) is 69.0 Å². The maximum absolute atomic E-state index is 12.0. The van der Waals surface area contributed by atoms with Crippen molar-refractivity contribution in [2.24, 2.45) is 52.3 Å². The second kappa shape index (κ2) is 53.3. The first-order valence-electron chi connectivity index (χ1n) is 43.3. The lowest BCUT2D eigenvalue weighted by atomic mass is 9.43. The molecule has 2 bridgehead atoms. The van der Waals surface area contributed by atoms with Crippen molar-refractivity contribution < 1.29 is 88.4 Å². The zero-order valence-electron chi connectivity index (χ0n) is 69.5. The minimum Gasteiger partial charge on any atom is -0.480 e. The van der Waals surface area contributed by atoms with E-state index in [1.165, 1.54) is 123 Å². The van der Waals surface area contributed by atoms with Gasteiger partial charge in [0.25, 0.3) is 34.6 Å². The van der Waals surface area contributed by atoms with Crippen LogP contribution in [0.15, 0.2) is 0 Å². The number of carbonyl (C=O) groups excluding carboxylic acids is 4. The van der Waals surface area contributed by atoms with Crippen molar-refractivity contribution in [1.29, 1.82) is 0 Å². The van der Waals surface area contributed by atoms with E-state index in [4.69, 9.17) is 53.8 Å². The molecule has 628 valence electrons. The third-order valence-corrected chi connectivity index (χ3v) is 26.5. The summed E-state index contributed by atoms with van der Waals surface area (Å²) in [5, 5.41) is 99.8. The van der Waals surface area contributed by atoms with Gasteiger partial charge in [-0.05, 0) is 291 Å². The molecule has 14 unspecified atom stereocenters. The molecular formula is C78H150B6N8O18. The van der Waals surface area contributed by atoms with Gasteiger partial charge in [0.15, 0.2) is 0 Å². The Hall–Kier alpha value is -3.08. The Bertz CT molecular complexity index is 2580. The van der Waals surface area contributed by atoms with Gasteiger partial charge in [-0.1, -0.05) is 106 Å². The van der Waals surface area contributed by atoms with Gasteiger partial charge < -0.3 is 91.2 Å². The van der Waals surface area contributed by atoms with Gasteiger partial charge in [0.2, 0.25) is 0 Å². The number of aliphatic carboxylic acids is 3. The molecular weight excluding hydrogens is 1400 g/mol. The molecule has 0 amide bonds. The Morgan fingerprint density at radius 3 is 1.62 bits per heavy atom. The maximum Gasteiger partial charge on any atom is 0.457 e. The Morgan fingerprint density at radius 1 is 0.555 bits per heavy atom. The zero-order chi connectivity index (χ0) is 81.3. The molecule has 3 aliphatic carbocycles. The van der Waals surface area contributed by atoms with Crippen LogP contribution in [0.1, 0.15) is 201 Å². The zero-order valence-corrected chi connectivity index (χ0v) is 69.5. The SMILES string of the molecule is CB(O)CCCC1(C)CCNC1.CB(O)CCCC1CCN(CCN2CCCCC2)C1C(=O)O.CB(O)CCCC1CCNC1(CCN1CCCCC1)C(=O)O.CB(O)CCCC1CCNC1C(=O)O.CB(O)CCCC1CCNC1CO.CC1(C)C2CC3OB(CCCC4CCNC4)OC3(C)C1C2.O=C=O.O=C=O. The van der Waals surface area contributed by atoms with Crippen LogP contribution >= 0.6 is 0 Å². The largest absolute Gasteiger partial charge is 0.480 e. The molecule has 12 fully saturated rings. The standard InChI is InChI=1S/C17H30BNO2.2C16H31BN2O3.C9H18BNO3.C9H20BNO2.C9H20BNO.2CO2/c1-16(2)13-9-14(16)17(3)15(10-13)20-18(21-17)7-4-5-12-6-8-19-11-12;1-17(22)9-5-6-14-7-10-18-16(14,15(20)21)8-13-19-11-3-2-4-12-19;1-17(22)8-5-6-14-7-11-19(15(14)16(20)21)13-12-18-9-3-2-4-10-18;1-10(14)5-2-3-7-4-6-11-8(7)9(12)13;1-10(13)5-2-3-8-4-6-11-9(8)7-12;1-9(5-7-11-8-9)4-3-6-10(2)12;2*2-1-3/h12-15,19H,4-11H2,1-3H3;14,18,22H,2-13H2,1H3,(H,20,21);14-15,22H,2-13H2,1H3,(H,20,21);7-8,11,14H,2-6H2,1H3,(H,12,13);8-9,11-13H,2-7H2,1H3;11-12H,3-8H2,1-2H3;;. The monoisotopic (exact) mass is 1550 g/mol. The molecule has 14 atom stereocenters. The predicted molar refractivity (Wildman–Crippen MR) is 437 cm³/mol. The summed E-state index contributed by atoms with van der Waals surface area (Å²) in [6.07, 6.45) is 36.3. The molecule has 0 aromatic rings. The van der Waals surface area contributed by atoms with E-state index >= 15 is 0 Å². The van der Waals surface area contributed by atoms with Gasteiger partial charge in [0.1, 0.15) is 17.6 Å². The number of hydrogen-bond donors (Lipinski definition) is 14. The fourth-order valence-corrected chi connectivity index (χ4v) is 19.6.